The molecule has 4 nitrogen and oxygen atoms in total. The fraction of sp³-hybridized carbons (Fsp3) is 0.688. The molecule has 0 amide bonds. The van der Waals surface area contributed by atoms with Crippen LogP contribution in [0.3, 0.4) is 0 Å². The van der Waals surface area contributed by atoms with Crippen molar-refractivity contribution < 1.29 is 0 Å². The average Bonchev–Trinajstić information content (AvgIpc) is 2.98. The van der Waals surface area contributed by atoms with Crippen LogP contribution in [0.1, 0.15) is 32.6 Å². The van der Waals surface area contributed by atoms with Crippen molar-refractivity contribution in [2.75, 3.05) is 36.9 Å². The number of hydrogen-bond acceptors (Lipinski definition) is 4. The van der Waals surface area contributed by atoms with Crippen molar-refractivity contribution >= 4 is 11.5 Å². The quantitative estimate of drug-likeness (QED) is 0.918. The number of anilines is 2. The fourth-order valence-corrected chi connectivity index (χ4v) is 3.26. The molecule has 3 rings (SSSR count). The van der Waals surface area contributed by atoms with Gasteiger partial charge in [-0.05, 0) is 51.8 Å². The van der Waals surface area contributed by atoms with Crippen LogP contribution in [0.15, 0.2) is 18.3 Å². The minimum atomic E-state index is 0.584. The minimum absolute atomic E-state index is 0.584. The molecule has 2 unspecified atom stereocenters. The molecular formula is C16H26N4. The van der Waals surface area contributed by atoms with Crippen LogP contribution in [-0.2, 0) is 0 Å². The average molecular weight is 274 g/mol. The smallest absolute Gasteiger partial charge is 0.128 e. The molecule has 2 fully saturated rings. The number of aromatic nitrogens is 1. The molecule has 2 atom stereocenters. The summed E-state index contributed by atoms with van der Waals surface area (Å²) >= 11 is 0. The summed E-state index contributed by atoms with van der Waals surface area (Å²) in [6, 6.07) is 5.59. The maximum atomic E-state index is 4.61. The van der Waals surface area contributed by atoms with E-state index in [1.54, 1.807) is 0 Å². The van der Waals surface area contributed by atoms with Gasteiger partial charge in [-0.25, -0.2) is 4.98 Å². The van der Waals surface area contributed by atoms with Crippen molar-refractivity contribution in [1.29, 1.82) is 0 Å². The summed E-state index contributed by atoms with van der Waals surface area (Å²) in [5, 5.41) is 3.64. The van der Waals surface area contributed by atoms with E-state index in [-0.39, 0.29) is 0 Å². The highest BCUT2D eigenvalue weighted by Gasteiger charge is 2.22. The number of rotatable bonds is 3. The van der Waals surface area contributed by atoms with E-state index in [0.29, 0.717) is 12.1 Å². The van der Waals surface area contributed by atoms with E-state index in [1.165, 1.54) is 32.2 Å². The SMILES string of the molecule is CC1CC(Nc2ccc(N3CCCC3)nc2)CCN1C. The molecule has 0 aliphatic carbocycles. The zero-order valence-electron chi connectivity index (χ0n) is 12.7. The molecule has 0 aromatic carbocycles. The van der Waals surface area contributed by atoms with Gasteiger partial charge in [0.05, 0.1) is 11.9 Å². The van der Waals surface area contributed by atoms with Gasteiger partial charge in [0.15, 0.2) is 0 Å². The Labute approximate surface area is 122 Å². The monoisotopic (exact) mass is 274 g/mol. The fourth-order valence-electron chi connectivity index (χ4n) is 3.26. The number of hydrogen-bond donors (Lipinski definition) is 1. The van der Waals surface area contributed by atoms with Gasteiger partial charge in [-0.3, -0.25) is 0 Å². The second-order valence-electron chi connectivity index (χ2n) is 6.29. The third-order valence-electron chi connectivity index (χ3n) is 4.76. The molecule has 4 heteroatoms. The van der Waals surface area contributed by atoms with E-state index in [9.17, 15) is 0 Å². The maximum Gasteiger partial charge on any atom is 0.128 e. The lowest BCUT2D eigenvalue weighted by Gasteiger charge is -2.35. The molecule has 0 bridgehead atoms. The van der Waals surface area contributed by atoms with Gasteiger partial charge in [0.1, 0.15) is 5.82 Å². The summed E-state index contributed by atoms with van der Waals surface area (Å²) in [4.78, 5) is 9.43. The Bertz CT molecular complexity index is 425. The van der Waals surface area contributed by atoms with Gasteiger partial charge in [-0.2, -0.15) is 0 Å². The second kappa shape index (κ2) is 6.00. The van der Waals surface area contributed by atoms with Gasteiger partial charge in [-0.1, -0.05) is 0 Å². The summed E-state index contributed by atoms with van der Waals surface area (Å²) < 4.78 is 0. The lowest BCUT2D eigenvalue weighted by molar-refractivity contribution is 0.190. The zero-order valence-corrected chi connectivity index (χ0v) is 12.7. The molecule has 1 N–H and O–H groups in total. The largest absolute Gasteiger partial charge is 0.381 e. The van der Waals surface area contributed by atoms with Gasteiger partial charge < -0.3 is 15.1 Å². The molecule has 0 saturated carbocycles. The lowest BCUT2D eigenvalue weighted by atomic mass is 9.99. The molecule has 3 heterocycles. The van der Waals surface area contributed by atoms with Crippen molar-refractivity contribution in [3.63, 3.8) is 0 Å². The molecule has 2 aliphatic rings. The Morgan fingerprint density at radius 2 is 2.00 bits per heavy atom. The number of likely N-dealkylation sites (tertiary alicyclic amines) is 1. The van der Waals surface area contributed by atoms with E-state index in [4.69, 9.17) is 0 Å². The second-order valence-corrected chi connectivity index (χ2v) is 6.29. The highest BCUT2D eigenvalue weighted by Crippen LogP contribution is 2.22. The molecule has 20 heavy (non-hydrogen) atoms. The van der Waals surface area contributed by atoms with Crippen LogP contribution in [0.25, 0.3) is 0 Å². The van der Waals surface area contributed by atoms with Crippen LogP contribution >= 0.6 is 0 Å². The van der Waals surface area contributed by atoms with E-state index in [0.717, 1.165) is 24.6 Å². The Hall–Kier alpha value is -1.29. The first-order chi connectivity index (χ1) is 9.72. The molecule has 1 aromatic heterocycles. The first kappa shape index (κ1) is 13.7. The zero-order chi connectivity index (χ0) is 13.9. The van der Waals surface area contributed by atoms with Crippen LogP contribution in [0.5, 0.6) is 0 Å². The molecule has 1 aromatic rings. The van der Waals surface area contributed by atoms with E-state index in [2.05, 4.69) is 46.2 Å². The number of pyridine rings is 1. The Morgan fingerprint density at radius 3 is 2.65 bits per heavy atom. The van der Waals surface area contributed by atoms with Crippen molar-refractivity contribution in [2.24, 2.45) is 0 Å². The summed E-state index contributed by atoms with van der Waals surface area (Å²) in [7, 11) is 2.22. The molecule has 0 spiro atoms. The molecular weight excluding hydrogens is 248 g/mol. The van der Waals surface area contributed by atoms with E-state index < -0.39 is 0 Å². The topological polar surface area (TPSA) is 31.4 Å². The van der Waals surface area contributed by atoms with Gasteiger partial charge in [-0.15, -0.1) is 0 Å². The highest BCUT2D eigenvalue weighted by atomic mass is 15.2. The van der Waals surface area contributed by atoms with Crippen molar-refractivity contribution in [2.45, 2.75) is 44.7 Å². The van der Waals surface area contributed by atoms with Crippen LogP contribution < -0.4 is 10.2 Å². The molecule has 110 valence electrons. The molecule has 2 aliphatic heterocycles. The molecule has 0 radical (unpaired) electrons. The van der Waals surface area contributed by atoms with Crippen molar-refractivity contribution in [1.82, 2.24) is 9.88 Å². The Morgan fingerprint density at radius 1 is 1.20 bits per heavy atom. The van der Waals surface area contributed by atoms with Crippen molar-refractivity contribution in [3.05, 3.63) is 18.3 Å². The summed E-state index contributed by atoms with van der Waals surface area (Å²) in [6.07, 6.45) is 7.03. The van der Waals surface area contributed by atoms with Gasteiger partial charge >= 0.3 is 0 Å². The summed E-state index contributed by atoms with van der Waals surface area (Å²) in [6.45, 7) is 5.80. The van der Waals surface area contributed by atoms with E-state index in [1.807, 2.05) is 6.20 Å². The van der Waals surface area contributed by atoms with Gasteiger partial charge in [0, 0.05) is 31.7 Å². The van der Waals surface area contributed by atoms with Gasteiger partial charge in [0.2, 0.25) is 0 Å². The van der Waals surface area contributed by atoms with E-state index >= 15 is 0 Å². The maximum absolute atomic E-state index is 4.61. The minimum Gasteiger partial charge on any atom is -0.381 e. The lowest BCUT2D eigenvalue weighted by Crippen LogP contribution is -2.42. The van der Waals surface area contributed by atoms with Crippen LogP contribution in [0.2, 0.25) is 0 Å². The first-order valence-corrected chi connectivity index (χ1v) is 7.90. The standard InChI is InChI=1S/C16H26N4/c1-13-11-14(7-10-19(13)2)18-15-5-6-16(17-12-15)20-8-3-4-9-20/h5-6,12-14,18H,3-4,7-11H2,1-2H3. The van der Waals surface area contributed by atoms with Crippen LogP contribution in [0, 0.1) is 0 Å². The predicted octanol–water partition coefficient (Wildman–Crippen LogP) is 2.58. The third-order valence-corrected chi connectivity index (χ3v) is 4.76. The number of nitrogens with zero attached hydrogens (tertiary/aromatic N) is 3. The Kier molecular flexibility index (Phi) is 4.10. The van der Waals surface area contributed by atoms with Crippen LogP contribution in [-0.4, -0.2) is 48.6 Å². The highest BCUT2D eigenvalue weighted by molar-refractivity contribution is 5.49. The van der Waals surface area contributed by atoms with Crippen LogP contribution in [0.4, 0.5) is 11.5 Å². The molecule has 2 saturated heterocycles. The first-order valence-electron chi connectivity index (χ1n) is 7.90. The summed E-state index contributed by atoms with van der Waals surface area (Å²) in [5.41, 5.74) is 1.16. The normalized spacial score (nSPS) is 27.8. The van der Waals surface area contributed by atoms with Crippen molar-refractivity contribution in [3.8, 4) is 0 Å². The van der Waals surface area contributed by atoms with Gasteiger partial charge in [0.25, 0.3) is 0 Å². The number of piperidine rings is 1. The third kappa shape index (κ3) is 3.06. The Balaban J connectivity index is 1.58. The predicted molar refractivity (Wildman–Crippen MR) is 84.4 cm³/mol. The number of nitrogens with one attached hydrogen (secondary N) is 1. The summed E-state index contributed by atoms with van der Waals surface area (Å²) in [5.74, 6) is 1.13.